The van der Waals surface area contributed by atoms with Gasteiger partial charge in [0.1, 0.15) is 5.75 Å². The van der Waals surface area contributed by atoms with Crippen molar-refractivity contribution in [3.8, 4) is 5.75 Å². The minimum Gasteiger partial charge on any atom is -0.497 e. The van der Waals surface area contributed by atoms with Gasteiger partial charge in [0.15, 0.2) is 0 Å². The van der Waals surface area contributed by atoms with Crippen LogP contribution in [-0.2, 0) is 13.0 Å². The average molecular weight is 342 g/mol. The maximum atomic E-state index is 11.8. The maximum absolute atomic E-state index is 11.8. The Morgan fingerprint density at radius 3 is 2.20 bits per heavy atom. The fourth-order valence-electron chi connectivity index (χ4n) is 2.30. The van der Waals surface area contributed by atoms with Crippen LogP contribution in [0.2, 0.25) is 0 Å². The van der Waals surface area contributed by atoms with Gasteiger partial charge in [-0.15, -0.1) is 0 Å². The third kappa shape index (κ3) is 6.18. The molecule has 2 aromatic carbocycles. The maximum Gasteiger partial charge on any atom is 0.335 e. The van der Waals surface area contributed by atoms with Gasteiger partial charge in [0.25, 0.3) is 0 Å². The number of carbonyl (C=O) groups excluding carboxylic acids is 1. The summed E-state index contributed by atoms with van der Waals surface area (Å²) >= 11 is 0. The van der Waals surface area contributed by atoms with Crippen LogP contribution in [0.4, 0.5) is 4.79 Å². The summed E-state index contributed by atoms with van der Waals surface area (Å²) in [5, 5.41) is 14.4. The van der Waals surface area contributed by atoms with E-state index in [0.717, 1.165) is 24.2 Å². The minimum atomic E-state index is -0.964. The van der Waals surface area contributed by atoms with Crippen molar-refractivity contribution in [1.29, 1.82) is 0 Å². The Balaban J connectivity index is 1.64. The van der Waals surface area contributed by atoms with E-state index in [1.54, 1.807) is 19.2 Å². The van der Waals surface area contributed by atoms with Gasteiger partial charge in [-0.2, -0.15) is 0 Å². The number of carboxylic acids is 1. The largest absolute Gasteiger partial charge is 0.497 e. The Morgan fingerprint density at radius 1 is 0.960 bits per heavy atom. The summed E-state index contributed by atoms with van der Waals surface area (Å²) in [5.41, 5.74) is 2.27. The van der Waals surface area contributed by atoms with Gasteiger partial charge < -0.3 is 20.5 Å². The zero-order valence-electron chi connectivity index (χ0n) is 14.1. The van der Waals surface area contributed by atoms with E-state index in [2.05, 4.69) is 10.6 Å². The van der Waals surface area contributed by atoms with E-state index >= 15 is 0 Å². The molecule has 0 spiro atoms. The Kier molecular flexibility index (Phi) is 6.83. The molecule has 6 heteroatoms. The van der Waals surface area contributed by atoms with Gasteiger partial charge in [-0.25, -0.2) is 9.59 Å². The number of methoxy groups -OCH3 is 1. The molecule has 0 aliphatic rings. The van der Waals surface area contributed by atoms with Crippen molar-refractivity contribution in [2.45, 2.75) is 19.4 Å². The fourth-order valence-corrected chi connectivity index (χ4v) is 2.30. The lowest BCUT2D eigenvalue weighted by Crippen LogP contribution is -2.35. The van der Waals surface area contributed by atoms with Crippen molar-refractivity contribution in [3.05, 3.63) is 65.2 Å². The fraction of sp³-hybridized carbons (Fsp3) is 0.263. The molecule has 2 amide bonds. The van der Waals surface area contributed by atoms with Gasteiger partial charge in [0, 0.05) is 13.1 Å². The summed E-state index contributed by atoms with van der Waals surface area (Å²) in [5.74, 6) is -0.133. The van der Waals surface area contributed by atoms with E-state index in [4.69, 9.17) is 9.84 Å². The highest BCUT2D eigenvalue weighted by Crippen LogP contribution is 2.12. The van der Waals surface area contributed by atoms with Gasteiger partial charge in [-0.1, -0.05) is 24.3 Å². The first kappa shape index (κ1) is 18.3. The molecule has 0 aliphatic carbocycles. The Bertz CT molecular complexity index is 696. The number of benzene rings is 2. The lowest BCUT2D eigenvalue weighted by molar-refractivity contribution is 0.0697. The number of nitrogens with one attached hydrogen (secondary N) is 2. The van der Waals surface area contributed by atoms with Crippen LogP contribution in [0.1, 0.15) is 27.9 Å². The molecule has 6 nitrogen and oxygen atoms in total. The van der Waals surface area contributed by atoms with Crippen LogP contribution in [0.5, 0.6) is 5.75 Å². The topological polar surface area (TPSA) is 87.7 Å². The predicted molar refractivity (Wildman–Crippen MR) is 95.0 cm³/mol. The first-order valence-electron chi connectivity index (χ1n) is 8.05. The number of amides is 2. The van der Waals surface area contributed by atoms with Gasteiger partial charge in [0.05, 0.1) is 12.7 Å². The minimum absolute atomic E-state index is 0.228. The molecule has 132 valence electrons. The molecule has 0 atom stereocenters. The molecule has 0 fully saturated rings. The summed E-state index contributed by atoms with van der Waals surface area (Å²) in [6, 6.07) is 14.0. The number of hydrogen-bond donors (Lipinski definition) is 3. The predicted octanol–water partition coefficient (Wildman–Crippen LogP) is 2.83. The molecule has 0 saturated heterocycles. The SMILES string of the molecule is COc1ccc(CCCNC(=O)NCc2ccc(C(=O)O)cc2)cc1. The monoisotopic (exact) mass is 342 g/mol. The number of aryl methyl sites for hydroxylation is 1. The summed E-state index contributed by atoms with van der Waals surface area (Å²) in [6.07, 6.45) is 1.72. The van der Waals surface area contributed by atoms with Crippen molar-refractivity contribution in [1.82, 2.24) is 10.6 Å². The van der Waals surface area contributed by atoms with E-state index in [1.165, 1.54) is 17.7 Å². The van der Waals surface area contributed by atoms with Crippen LogP contribution in [0.25, 0.3) is 0 Å². The van der Waals surface area contributed by atoms with Crippen molar-refractivity contribution >= 4 is 12.0 Å². The van der Waals surface area contributed by atoms with E-state index in [-0.39, 0.29) is 11.6 Å². The van der Waals surface area contributed by atoms with Gasteiger partial charge in [0.2, 0.25) is 0 Å². The molecular formula is C19H22N2O4. The number of ether oxygens (including phenoxy) is 1. The zero-order chi connectivity index (χ0) is 18.1. The molecule has 2 rings (SSSR count). The molecule has 0 saturated carbocycles. The molecule has 0 aliphatic heterocycles. The molecule has 0 bridgehead atoms. The highest BCUT2D eigenvalue weighted by Gasteiger charge is 2.03. The molecule has 0 aromatic heterocycles. The van der Waals surface area contributed by atoms with Crippen molar-refractivity contribution < 1.29 is 19.4 Å². The number of carboxylic acid groups (broad SMARTS) is 1. The zero-order valence-corrected chi connectivity index (χ0v) is 14.1. The average Bonchev–Trinajstić information content (AvgIpc) is 2.64. The summed E-state index contributed by atoms with van der Waals surface area (Å²) in [7, 11) is 1.64. The third-order valence-corrected chi connectivity index (χ3v) is 3.74. The van der Waals surface area contributed by atoms with E-state index < -0.39 is 5.97 Å². The van der Waals surface area contributed by atoms with Gasteiger partial charge in [-0.05, 0) is 48.2 Å². The molecule has 0 unspecified atom stereocenters. The Labute approximate surface area is 146 Å². The summed E-state index contributed by atoms with van der Waals surface area (Å²) < 4.78 is 5.11. The number of rotatable bonds is 8. The van der Waals surface area contributed by atoms with Crippen LogP contribution in [0.3, 0.4) is 0 Å². The van der Waals surface area contributed by atoms with Crippen molar-refractivity contribution in [3.63, 3.8) is 0 Å². The first-order chi connectivity index (χ1) is 12.1. The summed E-state index contributed by atoms with van der Waals surface area (Å²) in [6.45, 7) is 0.931. The smallest absolute Gasteiger partial charge is 0.335 e. The highest BCUT2D eigenvalue weighted by atomic mass is 16.5. The quantitative estimate of drug-likeness (QED) is 0.644. The van der Waals surface area contributed by atoms with Crippen LogP contribution in [-0.4, -0.2) is 30.8 Å². The standard InChI is InChI=1S/C19H22N2O4/c1-25-17-10-6-14(7-11-17)3-2-12-20-19(24)21-13-15-4-8-16(9-5-15)18(22)23/h4-11H,2-3,12-13H2,1H3,(H,22,23)(H2,20,21,24). The molecule has 25 heavy (non-hydrogen) atoms. The van der Waals surface area contributed by atoms with Crippen LogP contribution in [0.15, 0.2) is 48.5 Å². The first-order valence-corrected chi connectivity index (χ1v) is 8.05. The molecule has 2 aromatic rings. The third-order valence-electron chi connectivity index (χ3n) is 3.74. The van der Waals surface area contributed by atoms with Crippen LogP contribution in [0, 0.1) is 0 Å². The lowest BCUT2D eigenvalue weighted by Gasteiger charge is -2.08. The van der Waals surface area contributed by atoms with E-state index in [0.29, 0.717) is 13.1 Å². The normalized spacial score (nSPS) is 10.1. The van der Waals surface area contributed by atoms with Crippen LogP contribution < -0.4 is 15.4 Å². The van der Waals surface area contributed by atoms with Crippen molar-refractivity contribution in [2.75, 3.05) is 13.7 Å². The molecule has 3 N–H and O–H groups in total. The highest BCUT2D eigenvalue weighted by molar-refractivity contribution is 5.87. The van der Waals surface area contributed by atoms with Gasteiger partial charge in [-0.3, -0.25) is 0 Å². The second-order valence-corrected chi connectivity index (χ2v) is 5.56. The Morgan fingerprint density at radius 2 is 1.60 bits per heavy atom. The number of aromatic carboxylic acids is 1. The second kappa shape index (κ2) is 9.32. The van der Waals surface area contributed by atoms with Gasteiger partial charge >= 0.3 is 12.0 Å². The van der Waals surface area contributed by atoms with Crippen LogP contribution >= 0.6 is 0 Å². The second-order valence-electron chi connectivity index (χ2n) is 5.56. The van der Waals surface area contributed by atoms with E-state index in [9.17, 15) is 9.59 Å². The number of urea groups is 1. The molecule has 0 radical (unpaired) electrons. The van der Waals surface area contributed by atoms with E-state index in [1.807, 2.05) is 24.3 Å². The number of carbonyl (C=O) groups is 2. The van der Waals surface area contributed by atoms with Crippen molar-refractivity contribution in [2.24, 2.45) is 0 Å². The molecular weight excluding hydrogens is 320 g/mol. The summed E-state index contributed by atoms with van der Waals surface area (Å²) in [4.78, 5) is 22.5. The lowest BCUT2D eigenvalue weighted by atomic mass is 10.1. The number of hydrogen-bond acceptors (Lipinski definition) is 3. The Hall–Kier alpha value is -3.02. The molecule has 0 heterocycles.